The third kappa shape index (κ3) is 8.01. The van der Waals surface area contributed by atoms with Crippen molar-refractivity contribution in [1.29, 1.82) is 0 Å². The summed E-state index contributed by atoms with van der Waals surface area (Å²) in [7, 11) is 0. The van der Waals surface area contributed by atoms with Crippen molar-refractivity contribution >= 4 is 17.8 Å². The topological polar surface area (TPSA) is 133 Å². The van der Waals surface area contributed by atoms with Gasteiger partial charge in [0.2, 0.25) is 11.7 Å². The Morgan fingerprint density at radius 3 is 2.41 bits per heavy atom. The highest BCUT2D eigenvalue weighted by atomic mass is 16.5. The summed E-state index contributed by atoms with van der Waals surface area (Å²) in [6.07, 6.45) is -0.391. The maximum atomic E-state index is 12.6. The second-order valence-electron chi connectivity index (χ2n) is 8.28. The lowest BCUT2D eigenvalue weighted by Gasteiger charge is -2.19. The van der Waals surface area contributed by atoms with E-state index in [-0.39, 0.29) is 24.3 Å². The van der Waals surface area contributed by atoms with Crippen LogP contribution in [0, 0.1) is 11.8 Å². The number of hydrogen-bond acceptors (Lipinski definition) is 7. The van der Waals surface area contributed by atoms with Crippen molar-refractivity contribution in [2.75, 3.05) is 6.54 Å². The second-order valence-corrected chi connectivity index (χ2v) is 8.28. The van der Waals surface area contributed by atoms with Gasteiger partial charge in [-0.05, 0) is 23.8 Å². The number of alkyl carbamates (subject to hydrolysis) is 1. The number of nitrogens with zero attached hydrogens (tertiary/aromatic N) is 2. The van der Waals surface area contributed by atoms with E-state index in [4.69, 9.17) is 9.15 Å². The number of rotatable bonds is 11. The quantitative estimate of drug-likeness (QED) is 0.505. The van der Waals surface area contributed by atoms with Gasteiger partial charge in [0.05, 0.1) is 13.1 Å². The molecule has 0 radical (unpaired) electrons. The van der Waals surface area contributed by atoms with Crippen molar-refractivity contribution < 1.29 is 23.5 Å². The van der Waals surface area contributed by atoms with E-state index in [1.54, 1.807) is 0 Å². The van der Waals surface area contributed by atoms with Gasteiger partial charge in [0.25, 0.3) is 5.89 Å². The molecule has 0 aliphatic carbocycles. The molecule has 2 N–H and O–H groups in total. The molecule has 0 spiro atoms. The van der Waals surface area contributed by atoms with E-state index < -0.39 is 36.1 Å². The van der Waals surface area contributed by atoms with E-state index in [9.17, 15) is 19.2 Å². The summed E-state index contributed by atoms with van der Waals surface area (Å²) < 4.78 is 11.1. The van der Waals surface area contributed by atoms with Crippen LogP contribution in [-0.2, 0) is 22.7 Å². The first-order chi connectivity index (χ1) is 15.2. The van der Waals surface area contributed by atoms with E-state index in [1.165, 1.54) is 0 Å². The van der Waals surface area contributed by atoms with Crippen LogP contribution in [0.15, 0.2) is 39.5 Å². The third-order valence-corrected chi connectivity index (χ3v) is 4.33. The lowest BCUT2D eigenvalue weighted by molar-refractivity contribution is -0.123. The lowest BCUT2D eigenvalue weighted by atomic mass is 10.0. The van der Waals surface area contributed by atoms with Gasteiger partial charge < -0.3 is 19.8 Å². The van der Waals surface area contributed by atoms with E-state index in [1.807, 2.05) is 58.0 Å². The third-order valence-electron chi connectivity index (χ3n) is 4.33. The van der Waals surface area contributed by atoms with E-state index in [0.29, 0.717) is 13.0 Å². The fraction of sp³-hybridized carbons (Fsp3) is 0.500. The van der Waals surface area contributed by atoms with Gasteiger partial charge in [-0.15, -0.1) is 5.10 Å². The van der Waals surface area contributed by atoms with Crippen LogP contribution in [-0.4, -0.2) is 40.2 Å². The molecular weight excluding hydrogens is 416 g/mol. The minimum absolute atomic E-state index is 0.0687. The maximum Gasteiger partial charge on any atom is 0.437 e. The number of Topliss-reactive ketones (excluding diaryl/α,β-unsaturated/α-hetero) is 1. The number of hydrogen-bond donors (Lipinski definition) is 2. The van der Waals surface area contributed by atoms with Gasteiger partial charge in [0, 0.05) is 0 Å². The first-order valence-corrected chi connectivity index (χ1v) is 10.5. The molecule has 2 amide bonds. The number of ketones is 1. The molecule has 0 saturated heterocycles. The molecule has 1 unspecified atom stereocenters. The molecule has 32 heavy (non-hydrogen) atoms. The summed E-state index contributed by atoms with van der Waals surface area (Å²) in [6, 6.07) is 8.26. The van der Waals surface area contributed by atoms with Crippen LogP contribution in [0.4, 0.5) is 4.79 Å². The minimum atomic E-state index is -0.892. The Balaban J connectivity index is 1.92. The molecule has 0 aliphatic heterocycles. The van der Waals surface area contributed by atoms with Gasteiger partial charge in [-0.2, -0.15) is 4.68 Å². The van der Waals surface area contributed by atoms with E-state index in [2.05, 4.69) is 15.7 Å². The van der Waals surface area contributed by atoms with Crippen molar-refractivity contribution in [3.8, 4) is 0 Å². The number of ether oxygens (including phenoxy) is 1. The number of nitrogens with one attached hydrogen (secondary N) is 2. The molecule has 1 heterocycles. The lowest BCUT2D eigenvalue weighted by Crippen LogP contribution is -2.48. The molecule has 10 heteroatoms. The van der Waals surface area contributed by atoms with Crippen molar-refractivity contribution in [2.24, 2.45) is 11.8 Å². The predicted octanol–water partition coefficient (Wildman–Crippen LogP) is 2.13. The molecule has 2 aromatic rings. The summed E-state index contributed by atoms with van der Waals surface area (Å²) in [5, 5.41) is 8.87. The molecule has 0 bridgehead atoms. The average Bonchev–Trinajstić information content (AvgIpc) is 3.10. The second kappa shape index (κ2) is 11.8. The molecule has 2 rings (SSSR count). The average molecular weight is 447 g/mol. The zero-order valence-electron chi connectivity index (χ0n) is 18.8. The highest BCUT2D eigenvalue weighted by Crippen LogP contribution is 2.07. The molecule has 174 valence electrons. The summed E-state index contributed by atoms with van der Waals surface area (Å²) >= 11 is 0. The van der Waals surface area contributed by atoms with Crippen LogP contribution >= 0.6 is 0 Å². The van der Waals surface area contributed by atoms with Crippen molar-refractivity contribution in [3.63, 3.8) is 0 Å². The maximum absolute atomic E-state index is 12.6. The van der Waals surface area contributed by atoms with E-state index >= 15 is 0 Å². The largest absolute Gasteiger partial charge is 0.445 e. The normalized spacial score (nSPS) is 11.9. The Hall–Kier alpha value is -3.43. The molecule has 1 atom stereocenters. The summed E-state index contributed by atoms with van der Waals surface area (Å²) in [5.74, 6) is -2.05. The fourth-order valence-electron chi connectivity index (χ4n) is 2.86. The predicted molar refractivity (Wildman–Crippen MR) is 116 cm³/mol. The monoisotopic (exact) mass is 446 g/mol. The van der Waals surface area contributed by atoms with Crippen LogP contribution in [0.5, 0.6) is 0 Å². The summed E-state index contributed by atoms with van der Waals surface area (Å²) in [4.78, 5) is 48.8. The number of amides is 2. The first kappa shape index (κ1) is 24.8. The van der Waals surface area contributed by atoms with Crippen molar-refractivity contribution in [3.05, 3.63) is 52.3 Å². The van der Waals surface area contributed by atoms with Gasteiger partial charge in [0.1, 0.15) is 12.6 Å². The van der Waals surface area contributed by atoms with Crippen molar-refractivity contribution in [1.82, 2.24) is 20.4 Å². The number of carbonyl (C=O) groups is 3. The van der Waals surface area contributed by atoms with Crippen LogP contribution in [0.25, 0.3) is 0 Å². The standard InChI is InChI=1S/C22H30N4O6/c1-14(2)10-17(24-21(29)31-13-16-8-6-5-7-9-16)19(28)23-11-18(27)20-25-26(12-15(3)4)22(30)32-20/h5-9,14-15,17H,10-13H2,1-4H3,(H,23,28)(H,24,29). The number of carbonyl (C=O) groups excluding carboxylic acids is 3. The Morgan fingerprint density at radius 2 is 1.78 bits per heavy atom. The summed E-state index contributed by atoms with van der Waals surface area (Å²) in [5.41, 5.74) is 0.816. The Labute approximate surface area is 186 Å². The van der Waals surface area contributed by atoms with Gasteiger partial charge in [-0.1, -0.05) is 58.0 Å². The molecule has 1 aromatic heterocycles. The van der Waals surface area contributed by atoms with Crippen LogP contribution in [0.2, 0.25) is 0 Å². The Bertz CT molecular complexity index is 964. The molecule has 1 aromatic carbocycles. The summed E-state index contributed by atoms with van der Waals surface area (Å²) in [6.45, 7) is 7.56. The van der Waals surface area contributed by atoms with Crippen molar-refractivity contribution in [2.45, 2.75) is 53.3 Å². The molecule has 0 saturated carbocycles. The Kier molecular flexibility index (Phi) is 9.18. The molecular formula is C22H30N4O6. The van der Waals surface area contributed by atoms with Gasteiger partial charge in [-0.25, -0.2) is 9.59 Å². The zero-order chi connectivity index (χ0) is 23.7. The smallest absolute Gasteiger partial charge is 0.437 e. The molecule has 0 fully saturated rings. The molecule has 0 aliphatic rings. The van der Waals surface area contributed by atoms with Crippen LogP contribution in [0.1, 0.15) is 50.4 Å². The number of benzene rings is 1. The van der Waals surface area contributed by atoms with Gasteiger partial charge in [0.15, 0.2) is 0 Å². The highest BCUT2D eigenvalue weighted by molar-refractivity contribution is 5.96. The Morgan fingerprint density at radius 1 is 1.09 bits per heavy atom. The highest BCUT2D eigenvalue weighted by Gasteiger charge is 2.24. The number of aromatic nitrogens is 2. The minimum Gasteiger partial charge on any atom is -0.445 e. The fourth-order valence-corrected chi connectivity index (χ4v) is 2.86. The van der Waals surface area contributed by atoms with Gasteiger partial charge >= 0.3 is 11.8 Å². The molecule has 10 nitrogen and oxygen atoms in total. The first-order valence-electron chi connectivity index (χ1n) is 10.5. The SMILES string of the molecule is CC(C)CC(NC(=O)OCc1ccccc1)C(=O)NCC(=O)c1nn(CC(C)C)c(=O)o1. The zero-order valence-corrected chi connectivity index (χ0v) is 18.8. The van der Waals surface area contributed by atoms with E-state index in [0.717, 1.165) is 10.2 Å². The van der Waals surface area contributed by atoms with Gasteiger partial charge in [-0.3, -0.25) is 9.59 Å². The van der Waals surface area contributed by atoms with Crippen LogP contribution in [0.3, 0.4) is 0 Å². The van der Waals surface area contributed by atoms with Crippen LogP contribution < -0.4 is 16.4 Å².